The van der Waals surface area contributed by atoms with Crippen molar-refractivity contribution in [2.24, 2.45) is 0 Å². The van der Waals surface area contributed by atoms with Crippen molar-refractivity contribution in [3.8, 4) is 0 Å². The number of carbonyl (C=O) groups is 1. The van der Waals surface area contributed by atoms with Gasteiger partial charge in [-0.15, -0.1) is 0 Å². The van der Waals surface area contributed by atoms with Gasteiger partial charge < -0.3 is 5.32 Å². The lowest BCUT2D eigenvalue weighted by molar-refractivity contribution is 0.102. The Labute approximate surface area is 126 Å². The first-order valence-electron chi connectivity index (χ1n) is 5.35. The zero-order valence-electron chi connectivity index (χ0n) is 9.88. The van der Waals surface area contributed by atoms with Gasteiger partial charge in [-0.25, -0.2) is 9.37 Å². The van der Waals surface area contributed by atoms with Crippen LogP contribution in [0.3, 0.4) is 0 Å². The molecule has 19 heavy (non-hydrogen) atoms. The molecule has 0 spiro atoms. The number of anilines is 1. The average Bonchev–Trinajstić information content (AvgIpc) is 2.31. The topological polar surface area (TPSA) is 42.0 Å². The molecule has 2 rings (SSSR count). The summed E-state index contributed by atoms with van der Waals surface area (Å²) in [6, 6.07) is 5.85. The van der Waals surface area contributed by atoms with Crippen molar-refractivity contribution in [1.82, 2.24) is 4.98 Å². The molecule has 0 fully saturated rings. The molecule has 1 aromatic carbocycles. The summed E-state index contributed by atoms with van der Waals surface area (Å²) < 4.78 is 14.6. The number of aryl methyl sites for hydroxylation is 1. The Morgan fingerprint density at radius 3 is 2.58 bits per heavy atom. The van der Waals surface area contributed by atoms with Crippen LogP contribution in [-0.2, 0) is 0 Å². The number of benzene rings is 1. The third-order valence-electron chi connectivity index (χ3n) is 2.40. The maximum absolute atomic E-state index is 13.2. The summed E-state index contributed by atoms with van der Waals surface area (Å²) in [5.41, 5.74) is 1.05. The minimum atomic E-state index is -0.472. The molecule has 0 unspecified atom stereocenters. The van der Waals surface area contributed by atoms with Gasteiger partial charge in [0.05, 0.1) is 0 Å². The highest BCUT2D eigenvalue weighted by Crippen LogP contribution is 2.19. The third kappa shape index (κ3) is 3.61. The lowest BCUT2D eigenvalue weighted by atomic mass is 10.2. The highest BCUT2D eigenvalue weighted by Gasteiger charge is 2.11. The summed E-state index contributed by atoms with van der Waals surface area (Å²) in [6.07, 6.45) is 1.59. The molecule has 1 amide bonds. The summed E-state index contributed by atoms with van der Waals surface area (Å²) in [5.74, 6) is -0.424. The molecule has 2 aromatic rings. The normalized spacial score (nSPS) is 10.3. The standard InChI is InChI=1S/C13H9Br2FN2O/c1-7-2-10(15)6-17-12(7)18-13(19)8-3-9(14)5-11(16)4-8/h2-6H,1H3,(H,17,18,19). The number of nitrogens with one attached hydrogen (secondary N) is 1. The number of hydrogen-bond donors (Lipinski definition) is 1. The number of nitrogens with zero attached hydrogens (tertiary/aromatic N) is 1. The van der Waals surface area contributed by atoms with Crippen LogP contribution < -0.4 is 5.32 Å². The van der Waals surface area contributed by atoms with Crippen LogP contribution in [0.15, 0.2) is 39.4 Å². The Balaban J connectivity index is 2.25. The molecule has 0 saturated heterocycles. The van der Waals surface area contributed by atoms with Gasteiger partial charge >= 0.3 is 0 Å². The van der Waals surface area contributed by atoms with E-state index in [-0.39, 0.29) is 5.56 Å². The van der Waals surface area contributed by atoms with Crippen LogP contribution in [-0.4, -0.2) is 10.9 Å². The van der Waals surface area contributed by atoms with Gasteiger partial charge in [-0.3, -0.25) is 4.79 Å². The first kappa shape index (κ1) is 14.1. The van der Waals surface area contributed by atoms with Crippen LogP contribution in [0.1, 0.15) is 15.9 Å². The Morgan fingerprint density at radius 2 is 1.95 bits per heavy atom. The second-order valence-corrected chi connectivity index (χ2v) is 5.76. The Morgan fingerprint density at radius 1 is 1.21 bits per heavy atom. The van der Waals surface area contributed by atoms with Gasteiger partial charge in [0.1, 0.15) is 11.6 Å². The van der Waals surface area contributed by atoms with Gasteiger partial charge in [0.15, 0.2) is 0 Å². The molecule has 0 atom stereocenters. The van der Waals surface area contributed by atoms with Crippen LogP contribution in [0.25, 0.3) is 0 Å². The molecule has 0 radical (unpaired) electrons. The quantitative estimate of drug-likeness (QED) is 0.834. The van der Waals surface area contributed by atoms with E-state index in [0.717, 1.165) is 10.0 Å². The monoisotopic (exact) mass is 386 g/mol. The van der Waals surface area contributed by atoms with E-state index in [0.29, 0.717) is 10.3 Å². The van der Waals surface area contributed by atoms with Crippen molar-refractivity contribution >= 4 is 43.6 Å². The minimum Gasteiger partial charge on any atom is -0.306 e. The minimum absolute atomic E-state index is 0.232. The van der Waals surface area contributed by atoms with Gasteiger partial charge in [-0.1, -0.05) is 15.9 Å². The summed E-state index contributed by atoms with van der Waals surface area (Å²) in [4.78, 5) is 16.1. The predicted molar refractivity (Wildman–Crippen MR) is 78.7 cm³/mol. The van der Waals surface area contributed by atoms with Gasteiger partial charge in [0.2, 0.25) is 0 Å². The molecule has 0 aliphatic heterocycles. The Bertz CT molecular complexity index is 626. The summed E-state index contributed by atoms with van der Waals surface area (Å²) in [7, 11) is 0. The van der Waals surface area contributed by atoms with E-state index in [2.05, 4.69) is 42.2 Å². The number of rotatable bonds is 2. The van der Waals surface area contributed by atoms with Gasteiger partial charge in [0, 0.05) is 20.7 Å². The van der Waals surface area contributed by atoms with E-state index in [1.165, 1.54) is 12.1 Å². The number of amides is 1. The molecular weight excluding hydrogens is 379 g/mol. The molecule has 0 bridgehead atoms. The fourth-order valence-electron chi connectivity index (χ4n) is 1.54. The first-order chi connectivity index (χ1) is 8.95. The lowest BCUT2D eigenvalue weighted by Crippen LogP contribution is -2.14. The fraction of sp³-hybridized carbons (Fsp3) is 0.0769. The van der Waals surface area contributed by atoms with E-state index in [1.54, 1.807) is 12.3 Å². The van der Waals surface area contributed by atoms with Crippen LogP contribution in [0.4, 0.5) is 10.2 Å². The number of aromatic nitrogens is 1. The second-order valence-electron chi connectivity index (χ2n) is 3.93. The second kappa shape index (κ2) is 5.79. The number of carbonyl (C=O) groups excluding carboxylic acids is 1. The van der Waals surface area contributed by atoms with E-state index in [1.807, 2.05) is 13.0 Å². The molecule has 6 heteroatoms. The van der Waals surface area contributed by atoms with Crippen LogP contribution in [0.2, 0.25) is 0 Å². The third-order valence-corrected chi connectivity index (χ3v) is 3.29. The van der Waals surface area contributed by atoms with E-state index in [4.69, 9.17) is 0 Å². The highest BCUT2D eigenvalue weighted by molar-refractivity contribution is 9.10. The molecule has 3 nitrogen and oxygen atoms in total. The fourth-order valence-corrected chi connectivity index (χ4v) is 2.45. The number of hydrogen-bond acceptors (Lipinski definition) is 2. The molecule has 1 aromatic heterocycles. The molecule has 0 saturated carbocycles. The van der Waals surface area contributed by atoms with E-state index < -0.39 is 11.7 Å². The number of pyridine rings is 1. The zero-order chi connectivity index (χ0) is 14.0. The molecule has 0 aliphatic carbocycles. The first-order valence-corrected chi connectivity index (χ1v) is 6.94. The van der Waals surface area contributed by atoms with Gasteiger partial charge in [-0.2, -0.15) is 0 Å². The maximum Gasteiger partial charge on any atom is 0.256 e. The number of halogens is 3. The average molecular weight is 388 g/mol. The molecule has 1 heterocycles. The zero-order valence-corrected chi connectivity index (χ0v) is 13.0. The Hall–Kier alpha value is -1.27. The maximum atomic E-state index is 13.2. The highest BCUT2D eigenvalue weighted by atomic mass is 79.9. The van der Waals surface area contributed by atoms with E-state index >= 15 is 0 Å². The van der Waals surface area contributed by atoms with Crippen LogP contribution in [0.5, 0.6) is 0 Å². The summed E-state index contributed by atoms with van der Waals surface area (Å²) in [6.45, 7) is 1.83. The van der Waals surface area contributed by atoms with Crippen molar-refractivity contribution in [2.45, 2.75) is 6.92 Å². The molecule has 1 N–H and O–H groups in total. The van der Waals surface area contributed by atoms with Crippen molar-refractivity contribution in [3.63, 3.8) is 0 Å². The smallest absolute Gasteiger partial charge is 0.256 e. The van der Waals surface area contributed by atoms with Crippen LogP contribution in [0, 0.1) is 12.7 Å². The molecular formula is C13H9Br2FN2O. The summed E-state index contributed by atoms with van der Waals surface area (Å²) >= 11 is 6.44. The van der Waals surface area contributed by atoms with Crippen molar-refractivity contribution in [2.75, 3.05) is 5.32 Å². The SMILES string of the molecule is Cc1cc(Br)cnc1NC(=O)c1cc(F)cc(Br)c1. The van der Waals surface area contributed by atoms with Crippen molar-refractivity contribution in [3.05, 3.63) is 56.4 Å². The largest absolute Gasteiger partial charge is 0.306 e. The van der Waals surface area contributed by atoms with Gasteiger partial charge in [0.25, 0.3) is 5.91 Å². The lowest BCUT2D eigenvalue weighted by Gasteiger charge is -2.08. The van der Waals surface area contributed by atoms with E-state index in [9.17, 15) is 9.18 Å². The summed E-state index contributed by atoms with van der Waals surface area (Å²) in [5, 5.41) is 2.65. The van der Waals surface area contributed by atoms with Crippen LogP contribution >= 0.6 is 31.9 Å². The molecule has 98 valence electrons. The Kier molecular flexibility index (Phi) is 4.31. The van der Waals surface area contributed by atoms with Crippen molar-refractivity contribution < 1.29 is 9.18 Å². The van der Waals surface area contributed by atoms with Crippen molar-refractivity contribution in [1.29, 1.82) is 0 Å². The molecule has 0 aliphatic rings. The van der Waals surface area contributed by atoms with Gasteiger partial charge in [-0.05, 0) is 52.7 Å². The predicted octanol–water partition coefficient (Wildman–Crippen LogP) is 4.31.